The minimum Gasteiger partial charge on any atom is -0.343 e. The van der Waals surface area contributed by atoms with Crippen molar-refractivity contribution in [3.63, 3.8) is 0 Å². The highest BCUT2D eigenvalue weighted by molar-refractivity contribution is 7.89. The van der Waals surface area contributed by atoms with E-state index in [1.54, 1.807) is 4.31 Å². The van der Waals surface area contributed by atoms with Crippen LogP contribution in [0.25, 0.3) is 0 Å². The van der Waals surface area contributed by atoms with Crippen LogP contribution in [0.3, 0.4) is 0 Å². The predicted octanol–water partition coefficient (Wildman–Crippen LogP) is 2.87. The van der Waals surface area contributed by atoms with Crippen LogP contribution in [0.1, 0.15) is 65.2 Å². The van der Waals surface area contributed by atoms with E-state index >= 15 is 0 Å². The molecule has 2 saturated heterocycles. The van der Waals surface area contributed by atoms with E-state index in [2.05, 4.69) is 13.8 Å². The van der Waals surface area contributed by atoms with Crippen molar-refractivity contribution in [3.05, 3.63) is 0 Å². The molecule has 2 unspecified atom stereocenters. The molecule has 2 heterocycles. The molecule has 2 atom stereocenters. The van der Waals surface area contributed by atoms with Crippen LogP contribution < -0.4 is 0 Å². The van der Waals surface area contributed by atoms with Crippen molar-refractivity contribution in [1.29, 1.82) is 0 Å². The van der Waals surface area contributed by atoms with Crippen molar-refractivity contribution in [2.75, 3.05) is 31.9 Å². The predicted molar refractivity (Wildman–Crippen MR) is 97.2 cm³/mol. The summed E-state index contributed by atoms with van der Waals surface area (Å²) in [7, 11) is -3.22. The molecule has 140 valence electrons. The van der Waals surface area contributed by atoms with E-state index in [1.165, 1.54) is 6.42 Å². The van der Waals surface area contributed by atoms with Gasteiger partial charge in [0.2, 0.25) is 15.9 Å². The van der Waals surface area contributed by atoms with Crippen LogP contribution in [-0.4, -0.2) is 55.5 Å². The number of nitrogens with zero attached hydrogens (tertiary/aromatic N) is 2. The minimum atomic E-state index is -3.22. The molecule has 6 heteroatoms. The van der Waals surface area contributed by atoms with Crippen molar-refractivity contribution in [3.8, 4) is 0 Å². The molecular weight excluding hydrogens is 324 g/mol. The molecule has 0 radical (unpaired) electrons. The van der Waals surface area contributed by atoms with Crippen LogP contribution >= 0.6 is 0 Å². The molecule has 0 aromatic carbocycles. The number of carbonyl (C=O) groups is 1. The lowest BCUT2D eigenvalue weighted by Crippen LogP contribution is -2.44. The van der Waals surface area contributed by atoms with Gasteiger partial charge < -0.3 is 4.90 Å². The molecule has 0 aromatic heterocycles. The quantitative estimate of drug-likeness (QED) is 0.703. The van der Waals surface area contributed by atoms with Crippen LogP contribution in [0.2, 0.25) is 0 Å². The second-order valence-electron chi connectivity index (χ2n) is 7.34. The Morgan fingerprint density at radius 1 is 1.00 bits per heavy atom. The van der Waals surface area contributed by atoms with Crippen molar-refractivity contribution in [2.24, 2.45) is 11.8 Å². The van der Waals surface area contributed by atoms with Gasteiger partial charge in [0.05, 0.1) is 5.75 Å². The zero-order valence-electron chi connectivity index (χ0n) is 15.4. The van der Waals surface area contributed by atoms with E-state index in [-0.39, 0.29) is 11.7 Å². The molecule has 2 rings (SSSR count). The van der Waals surface area contributed by atoms with Gasteiger partial charge in [0, 0.05) is 32.6 Å². The Hall–Kier alpha value is -0.620. The number of rotatable bonds is 7. The molecular formula is C18H34N2O3S. The lowest BCUT2D eigenvalue weighted by molar-refractivity contribution is -0.132. The number of piperidine rings is 2. The van der Waals surface area contributed by atoms with Gasteiger partial charge in [0.1, 0.15) is 0 Å². The highest BCUT2D eigenvalue weighted by atomic mass is 32.2. The van der Waals surface area contributed by atoms with Crippen molar-refractivity contribution in [1.82, 2.24) is 9.21 Å². The number of hydrogen-bond donors (Lipinski definition) is 0. The fourth-order valence-electron chi connectivity index (χ4n) is 4.14. The van der Waals surface area contributed by atoms with E-state index in [0.717, 1.165) is 45.2 Å². The Morgan fingerprint density at radius 3 is 2.29 bits per heavy atom. The Morgan fingerprint density at radius 2 is 1.67 bits per heavy atom. The lowest BCUT2D eigenvalue weighted by atomic mass is 9.83. The van der Waals surface area contributed by atoms with Crippen molar-refractivity contribution >= 4 is 15.9 Å². The van der Waals surface area contributed by atoms with Crippen LogP contribution in [0.15, 0.2) is 0 Å². The van der Waals surface area contributed by atoms with E-state index < -0.39 is 10.0 Å². The normalized spacial score (nSPS) is 26.5. The summed E-state index contributed by atoms with van der Waals surface area (Å²) < 4.78 is 26.9. The molecule has 2 aliphatic heterocycles. The van der Waals surface area contributed by atoms with Gasteiger partial charge in [-0.25, -0.2) is 12.7 Å². The number of sulfonamides is 1. The van der Waals surface area contributed by atoms with E-state index in [4.69, 9.17) is 0 Å². The van der Waals surface area contributed by atoms with Gasteiger partial charge in [0.15, 0.2) is 0 Å². The maximum atomic E-state index is 12.6. The summed E-state index contributed by atoms with van der Waals surface area (Å²) in [5.41, 5.74) is 0. The largest absolute Gasteiger partial charge is 0.343 e. The zero-order chi connectivity index (χ0) is 17.6. The van der Waals surface area contributed by atoms with Gasteiger partial charge in [-0.05, 0) is 43.9 Å². The number of likely N-dealkylation sites (tertiary alicyclic amines) is 1. The minimum absolute atomic E-state index is 0.111. The van der Waals surface area contributed by atoms with Crippen molar-refractivity contribution in [2.45, 2.75) is 65.2 Å². The molecule has 5 nitrogen and oxygen atoms in total. The number of carbonyl (C=O) groups excluding carboxylic acids is 1. The molecule has 1 amide bonds. The first-order valence-electron chi connectivity index (χ1n) is 9.73. The van der Waals surface area contributed by atoms with Crippen LogP contribution in [0.5, 0.6) is 0 Å². The van der Waals surface area contributed by atoms with E-state index in [1.807, 2.05) is 4.90 Å². The first-order valence-corrected chi connectivity index (χ1v) is 11.3. The highest BCUT2D eigenvalue weighted by Gasteiger charge is 2.32. The summed E-state index contributed by atoms with van der Waals surface area (Å²) in [5.74, 6) is 1.37. The summed E-state index contributed by atoms with van der Waals surface area (Å²) in [6.45, 7) is 7.35. The highest BCUT2D eigenvalue weighted by Crippen LogP contribution is 2.30. The average Bonchev–Trinajstić information content (AvgIpc) is 2.61. The third-order valence-electron chi connectivity index (χ3n) is 5.80. The number of hydrogen-bond acceptors (Lipinski definition) is 3. The Bertz CT molecular complexity index is 500. The van der Waals surface area contributed by atoms with Gasteiger partial charge in [-0.3, -0.25) is 4.79 Å². The summed E-state index contributed by atoms with van der Waals surface area (Å²) in [6.07, 6.45) is 7.31. The standard InChI is InChI=1S/C18H34N2O3S/c1-3-16-10-13-20(15-17(16)4-2)24(22,23)14-8-9-18(21)19-11-6-5-7-12-19/h16-17H,3-15H2,1-2H3. The lowest BCUT2D eigenvalue weighted by Gasteiger charge is -2.37. The van der Waals surface area contributed by atoms with Gasteiger partial charge in [-0.2, -0.15) is 0 Å². The van der Waals surface area contributed by atoms with Gasteiger partial charge in [-0.15, -0.1) is 0 Å². The molecule has 0 aliphatic carbocycles. The first kappa shape index (κ1) is 19.7. The summed E-state index contributed by atoms with van der Waals surface area (Å²) >= 11 is 0. The van der Waals surface area contributed by atoms with Crippen LogP contribution in [0.4, 0.5) is 0 Å². The Balaban J connectivity index is 1.79. The molecule has 2 fully saturated rings. The molecule has 0 N–H and O–H groups in total. The molecule has 0 spiro atoms. The zero-order valence-corrected chi connectivity index (χ0v) is 16.2. The Kier molecular flexibility index (Phi) is 7.54. The van der Waals surface area contributed by atoms with Crippen LogP contribution in [-0.2, 0) is 14.8 Å². The molecule has 24 heavy (non-hydrogen) atoms. The van der Waals surface area contributed by atoms with E-state index in [0.29, 0.717) is 37.8 Å². The van der Waals surface area contributed by atoms with Gasteiger partial charge in [0.25, 0.3) is 0 Å². The average molecular weight is 359 g/mol. The van der Waals surface area contributed by atoms with Crippen molar-refractivity contribution < 1.29 is 13.2 Å². The van der Waals surface area contributed by atoms with Crippen LogP contribution in [0, 0.1) is 11.8 Å². The molecule has 0 bridgehead atoms. The summed E-state index contributed by atoms with van der Waals surface area (Å²) in [5, 5.41) is 0. The van der Waals surface area contributed by atoms with Gasteiger partial charge in [-0.1, -0.05) is 26.7 Å². The third-order valence-corrected chi connectivity index (χ3v) is 7.72. The smallest absolute Gasteiger partial charge is 0.222 e. The Labute approximate surface area is 147 Å². The molecule has 0 saturated carbocycles. The molecule has 2 aliphatic rings. The maximum absolute atomic E-state index is 12.6. The molecule has 0 aromatic rings. The monoisotopic (exact) mass is 358 g/mol. The fraction of sp³-hybridized carbons (Fsp3) is 0.944. The summed E-state index contributed by atoms with van der Waals surface area (Å²) in [6, 6.07) is 0. The number of amides is 1. The summed E-state index contributed by atoms with van der Waals surface area (Å²) in [4.78, 5) is 14.1. The maximum Gasteiger partial charge on any atom is 0.222 e. The van der Waals surface area contributed by atoms with E-state index in [9.17, 15) is 13.2 Å². The van der Waals surface area contributed by atoms with Gasteiger partial charge >= 0.3 is 0 Å². The SMILES string of the molecule is CCC1CCN(S(=O)(=O)CCCC(=O)N2CCCCC2)CC1CC. The second kappa shape index (κ2) is 9.18. The fourth-order valence-corrected chi connectivity index (χ4v) is 5.71. The topological polar surface area (TPSA) is 57.7 Å². The second-order valence-corrected chi connectivity index (χ2v) is 9.43. The first-order chi connectivity index (χ1) is 11.5. The third kappa shape index (κ3) is 5.19.